The van der Waals surface area contributed by atoms with Gasteiger partial charge in [-0.15, -0.1) is 5.73 Å². The highest BCUT2D eigenvalue weighted by atomic mass is 35.5. The van der Waals surface area contributed by atoms with Gasteiger partial charge in [0, 0.05) is 30.4 Å². The molecule has 0 radical (unpaired) electrons. The van der Waals surface area contributed by atoms with Crippen molar-refractivity contribution in [3.8, 4) is 0 Å². The predicted octanol–water partition coefficient (Wildman–Crippen LogP) is 6.28. The lowest BCUT2D eigenvalue weighted by molar-refractivity contribution is 0.230. The van der Waals surface area contributed by atoms with Crippen molar-refractivity contribution in [1.82, 2.24) is 4.90 Å². The van der Waals surface area contributed by atoms with Crippen molar-refractivity contribution >= 4 is 35.0 Å². The molecule has 0 unspecified atom stereocenters. The molecular formula is C26H23ClN2O. The highest BCUT2D eigenvalue weighted by Gasteiger charge is 2.17. The van der Waals surface area contributed by atoms with Crippen LogP contribution in [0.1, 0.15) is 27.8 Å². The summed E-state index contributed by atoms with van der Waals surface area (Å²) in [4.78, 5) is 13.5. The maximum Gasteiger partial charge on any atom is 0.321 e. The van der Waals surface area contributed by atoms with Gasteiger partial charge in [-0.25, -0.2) is 4.79 Å². The van der Waals surface area contributed by atoms with Crippen LogP contribution in [-0.4, -0.2) is 25.0 Å². The van der Waals surface area contributed by atoms with Gasteiger partial charge in [-0.3, -0.25) is 0 Å². The minimum atomic E-state index is -0.155. The van der Waals surface area contributed by atoms with E-state index in [0.717, 1.165) is 40.3 Å². The first kappa shape index (κ1) is 20.0. The molecule has 1 aliphatic rings. The lowest BCUT2D eigenvalue weighted by Crippen LogP contribution is -2.27. The van der Waals surface area contributed by atoms with Crippen LogP contribution < -0.4 is 5.32 Å². The van der Waals surface area contributed by atoms with Crippen molar-refractivity contribution < 1.29 is 4.79 Å². The van der Waals surface area contributed by atoms with E-state index in [9.17, 15) is 4.79 Å². The molecule has 4 rings (SSSR count). The number of hydrogen-bond donors (Lipinski definition) is 1. The maximum absolute atomic E-state index is 11.9. The SMILES string of the molecule is CN(C)C(=O)Nc1cccc(C=C=C2c3ccccc3CCc3cc(Cl)ccc32)c1. The molecule has 3 aromatic rings. The largest absolute Gasteiger partial charge is 0.331 e. The summed E-state index contributed by atoms with van der Waals surface area (Å²) in [5.74, 6) is 0. The zero-order valence-corrected chi connectivity index (χ0v) is 17.8. The Bertz CT molecular complexity index is 1170. The van der Waals surface area contributed by atoms with Crippen LogP contribution in [-0.2, 0) is 12.8 Å². The van der Waals surface area contributed by atoms with Crippen LogP contribution in [0.2, 0.25) is 5.02 Å². The maximum atomic E-state index is 11.9. The Morgan fingerprint density at radius 3 is 2.57 bits per heavy atom. The molecule has 0 fully saturated rings. The Hall–Kier alpha value is -3.26. The Balaban J connectivity index is 1.80. The number of amides is 2. The van der Waals surface area contributed by atoms with E-state index in [2.05, 4.69) is 47.4 Å². The topological polar surface area (TPSA) is 32.3 Å². The summed E-state index contributed by atoms with van der Waals surface area (Å²) in [6.45, 7) is 0. The van der Waals surface area contributed by atoms with Crippen LogP contribution in [0.5, 0.6) is 0 Å². The molecule has 2 amide bonds. The smallest absolute Gasteiger partial charge is 0.321 e. The standard InChI is InChI=1S/C26H23ClN2O/c1-29(2)26(30)28-22-8-5-6-18(16-22)10-14-25-23-9-4-3-7-19(23)11-12-20-17-21(27)13-15-24(20)25/h3-10,13,15-17H,11-12H2,1-2H3,(H,28,30). The zero-order valence-electron chi connectivity index (χ0n) is 17.1. The molecule has 0 saturated heterocycles. The lowest BCUT2D eigenvalue weighted by atomic mass is 9.94. The van der Waals surface area contributed by atoms with Gasteiger partial charge in [0.1, 0.15) is 0 Å². The van der Waals surface area contributed by atoms with E-state index in [1.807, 2.05) is 36.4 Å². The Labute approximate surface area is 182 Å². The number of nitrogens with zero attached hydrogens (tertiary/aromatic N) is 1. The highest BCUT2D eigenvalue weighted by Crippen LogP contribution is 2.34. The molecule has 0 heterocycles. The summed E-state index contributed by atoms with van der Waals surface area (Å²) in [6.07, 6.45) is 3.89. The monoisotopic (exact) mass is 414 g/mol. The van der Waals surface area contributed by atoms with Gasteiger partial charge in [0.25, 0.3) is 0 Å². The van der Waals surface area contributed by atoms with Crippen molar-refractivity contribution in [3.05, 3.63) is 105 Å². The van der Waals surface area contributed by atoms with Crippen LogP contribution in [0, 0.1) is 0 Å². The van der Waals surface area contributed by atoms with Crippen molar-refractivity contribution in [2.24, 2.45) is 0 Å². The Kier molecular flexibility index (Phi) is 5.76. The predicted molar refractivity (Wildman–Crippen MR) is 125 cm³/mol. The molecule has 30 heavy (non-hydrogen) atoms. The van der Waals surface area contributed by atoms with Crippen LogP contribution >= 0.6 is 11.6 Å². The van der Waals surface area contributed by atoms with Gasteiger partial charge in [-0.2, -0.15) is 0 Å². The van der Waals surface area contributed by atoms with Gasteiger partial charge in [-0.05, 0) is 71.0 Å². The Morgan fingerprint density at radius 2 is 1.73 bits per heavy atom. The number of anilines is 1. The van der Waals surface area contributed by atoms with Gasteiger partial charge >= 0.3 is 6.03 Å². The van der Waals surface area contributed by atoms with Crippen LogP contribution in [0.3, 0.4) is 0 Å². The third-order valence-corrected chi connectivity index (χ3v) is 5.45. The van der Waals surface area contributed by atoms with E-state index >= 15 is 0 Å². The normalized spacial score (nSPS) is 12.2. The fourth-order valence-corrected chi connectivity index (χ4v) is 3.86. The molecule has 4 heteroatoms. The molecule has 1 aliphatic carbocycles. The molecule has 1 N–H and O–H groups in total. The number of aryl methyl sites for hydroxylation is 2. The number of benzene rings is 3. The first-order chi connectivity index (χ1) is 14.5. The van der Waals surface area contributed by atoms with Gasteiger partial charge in [0.15, 0.2) is 0 Å². The number of urea groups is 1. The molecule has 0 saturated carbocycles. The third kappa shape index (κ3) is 4.33. The molecule has 0 atom stereocenters. The number of fused-ring (bicyclic) bond motifs is 2. The summed E-state index contributed by atoms with van der Waals surface area (Å²) in [5.41, 5.74) is 11.2. The fourth-order valence-electron chi connectivity index (χ4n) is 3.66. The molecule has 150 valence electrons. The number of nitrogens with one attached hydrogen (secondary N) is 1. The first-order valence-electron chi connectivity index (χ1n) is 9.93. The van der Waals surface area contributed by atoms with E-state index in [0.29, 0.717) is 0 Å². The quantitative estimate of drug-likeness (QED) is 0.492. The molecule has 3 aromatic carbocycles. The lowest BCUT2D eigenvalue weighted by Gasteiger charge is -2.12. The Morgan fingerprint density at radius 1 is 0.967 bits per heavy atom. The second kappa shape index (κ2) is 8.62. The van der Waals surface area contributed by atoms with Crippen LogP contribution in [0.25, 0.3) is 11.6 Å². The average molecular weight is 415 g/mol. The summed E-state index contributed by atoms with van der Waals surface area (Å²) in [7, 11) is 3.44. The second-order valence-electron chi connectivity index (χ2n) is 7.57. The van der Waals surface area contributed by atoms with Gasteiger partial charge in [0.2, 0.25) is 0 Å². The van der Waals surface area contributed by atoms with Crippen molar-refractivity contribution in [1.29, 1.82) is 0 Å². The van der Waals surface area contributed by atoms with Crippen LogP contribution in [0.4, 0.5) is 10.5 Å². The van der Waals surface area contributed by atoms with Gasteiger partial charge in [0.05, 0.1) is 0 Å². The summed E-state index contributed by atoms with van der Waals surface area (Å²) in [5, 5.41) is 3.64. The van der Waals surface area contributed by atoms with Crippen molar-refractivity contribution in [2.75, 3.05) is 19.4 Å². The van der Waals surface area contributed by atoms with Gasteiger partial charge in [-0.1, -0.05) is 54.1 Å². The van der Waals surface area contributed by atoms with Crippen LogP contribution in [0.15, 0.2) is 72.5 Å². The number of carbonyl (C=O) groups excluding carboxylic acids is 1. The highest BCUT2D eigenvalue weighted by molar-refractivity contribution is 6.30. The summed E-state index contributed by atoms with van der Waals surface area (Å²) >= 11 is 6.27. The number of rotatable bonds is 2. The molecule has 3 nitrogen and oxygen atoms in total. The second-order valence-corrected chi connectivity index (χ2v) is 8.01. The fraction of sp³-hybridized carbons (Fsp3) is 0.154. The first-order valence-corrected chi connectivity index (χ1v) is 10.3. The number of halogens is 1. The number of hydrogen-bond acceptors (Lipinski definition) is 1. The van der Waals surface area contributed by atoms with Crippen molar-refractivity contribution in [2.45, 2.75) is 12.8 Å². The summed E-state index contributed by atoms with van der Waals surface area (Å²) < 4.78 is 0. The third-order valence-electron chi connectivity index (χ3n) is 5.21. The molecule has 0 spiro atoms. The van der Waals surface area contributed by atoms with Crippen molar-refractivity contribution in [3.63, 3.8) is 0 Å². The molecular weight excluding hydrogens is 392 g/mol. The van der Waals surface area contributed by atoms with Gasteiger partial charge < -0.3 is 10.2 Å². The minimum absolute atomic E-state index is 0.155. The zero-order chi connectivity index (χ0) is 21.1. The molecule has 0 aromatic heterocycles. The molecule has 0 aliphatic heterocycles. The van der Waals surface area contributed by atoms with E-state index in [1.165, 1.54) is 21.6 Å². The average Bonchev–Trinajstić information content (AvgIpc) is 2.89. The minimum Gasteiger partial charge on any atom is -0.331 e. The van der Waals surface area contributed by atoms with E-state index in [4.69, 9.17) is 11.6 Å². The summed E-state index contributed by atoms with van der Waals surface area (Å²) in [6, 6.07) is 22.2. The van der Waals surface area contributed by atoms with E-state index in [1.54, 1.807) is 14.1 Å². The molecule has 0 bridgehead atoms. The van der Waals surface area contributed by atoms with E-state index in [-0.39, 0.29) is 6.03 Å². The number of carbonyl (C=O) groups is 1. The van der Waals surface area contributed by atoms with E-state index < -0.39 is 0 Å².